The summed E-state index contributed by atoms with van der Waals surface area (Å²) in [6, 6.07) is 0. The quantitative estimate of drug-likeness (QED) is 0.485. The molecule has 0 aliphatic rings. The summed E-state index contributed by atoms with van der Waals surface area (Å²) in [7, 11) is 0. The lowest BCUT2D eigenvalue weighted by Gasteiger charge is -1.53. The first-order valence-electron chi connectivity index (χ1n) is 0.880. The van der Waals surface area contributed by atoms with E-state index in [4.69, 9.17) is 4.79 Å². The summed E-state index contributed by atoms with van der Waals surface area (Å²) in [5.74, 6) is 0. The van der Waals surface area contributed by atoms with E-state index in [1.807, 2.05) is 0 Å². The van der Waals surface area contributed by atoms with E-state index in [2.05, 4.69) is 0 Å². The third-order valence-corrected chi connectivity index (χ3v) is 0.289. The van der Waals surface area contributed by atoms with Crippen molar-refractivity contribution < 1.29 is 4.79 Å². The molecule has 0 saturated heterocycles. The second-order valence-electron chi connectivity index (χ2n) is 0.332. The lowest BCUT2D eigenvalue weighted by Crippen LogP contribution is -1.44. The van der Waals surface area contributed by atoms with Crippen LogP contribution in [0.4, 0.5) is 0 Å². The van der Waals surface area contributed by atoms with Crippen LogP contribution in [0.1, 0.15) is 0 Å². The van der Waals surface area contributed by atoms with E-state index < -0.39 is 0 Å². The largest absolute Gasteiger partial charge is 0.344 e. The van der Waals surface area contributed by atoms with Crippen LogP contribution >= 0.6 is 11.8 Å². The molecule has 0 aliphatic heterocycles. The van der Waals surface area contributed by atoms with Crippen LogP contribution in [-0.2, 0) is 4.79 Å². The van der Waals surface area contributed by atoms with Gasteiger partial charge in [0.1, 0.15) is 0 Å². The average Bonchev–Trinajstić information content (AvgIpc) is 1.37. The monoisotopic (exact) mass is 93.0 g/mol. The molecule has 2 nitrogen and oxygen atoms in total. The zero-order valence-corrected chi connectivity index (χ0v) is 3.92. The van der Waals surface area contributed by atoms with Crippen molar-refractivity contribution in [1.29, 1.82) is 0 Å². The molecule has 3 heteroatoms. The number of carbonyl (C=O) groups excluding carboxylic acids is 1. The summed E-state index contributed by atoms with van der Waals surface area (Å²) in [5.41, 5.74) is 0.792. The van der Waals surface area contributed by atoms with Crippen LogP contribution < -0.4 is 6.15 Å². The molecular formula is C2H7NOS. The summed E-state index contributed by atoms with van der Waals surface area (Å²) < 4.78 is 0. The molecule has 0 unspecified atom stereocenters. The Bertz CT molecular complexity index is 23.6. The maximum Gasteiger partial charge on any atom is 0.175 e. The summed E-state index contributed by atoms with van der Waals surface area (Å²) in [6.07, 6.45) is 1.73. The minimum Gasteiger partial charge on any atom is -0.344 e. The van der Waals surface area contributed by atoms with Crippen molar-refractivity contribution in [3.8, 4) is 0 Å². The second-order valence-corrected chi connectivity index (χ2v) is 0.996. The van der Waals surface area contributed by atoms with Crippen molar-refractivity contribution in [2.24, 2.45) is 0 Å². The molecule has 3 N–H and O–H groups in total. The van der Waals surface area contributed by atoms with Crippen molar-refractivity contribution in [2.45, 2.75) is 0 Å². The number of thioether (sulfide) groups is 1. The fourth-order valence-corrected chi connectivity index (χ4v) is 0. The first kappa shape index (κ1) is 8.88. The van der Waals surface area contributed by atoms with Gasteiger partial charge < -0.3 is 6.15 Å². The fourth-order valence-electron chi connectivity index (χ4n) is 0. The molecule has 32 valence electrons. The Morgan fingerprint density at radius 3 is 2.00 bits per heavy atom. The summed E-state index contributed by atoms with van der Waals surface area (Å²) in [6.45, 7) is 0. The lowest BCUT2D eigenvalue weighted by molar-refractivity contribution is 0.570. The first-order valence-corrected chi connectivity index (χ1v) is 2.17. The van der Waals surface area contributed by atoms with Gasteiger partial charge in [-0.1, -0.05) is 11.8 Å². The molecule has 5 heavy (non-hydrogen) atoms. The van der Waals surface area contributed by atoms with E-state index in [9.17, 15) is 0 Å². The van der Waals surface area contributed by atoms with Gasteiger partial charge in [0.05, 0.1) is 0 Å². The van der Waals surface area contributed by atoms with Crippen LogP contribution in [0, 0.1) is 0 Å². The molecule has 0 aromatic heterocycles. The van der Waals surface area contributed by atoms with Gasteiger partial charge in [-0.3, -0.25) is 4.79 Å². The minimum absolute atomic E-state index is 0. The zero-order chi connectivity index (χ0) is 3.41. The molecule has 0 radical (unpaired) electrons. The molecule has 0 spiro atoms. The number of hydrogen-bond donors (Lipinski definition) is 1. The molecule has 0 aromatic carbocycles. The van der Waals surface area contributed by atoms with Gasteiger partial charge in [-0.25, -0.2) is 0 Å². The Morgan fingerprint density at radius 2 is 2.00 bits per heavy atom. The third kappa shape index (κ3) is 16.2. The van der Waals surface area contributed by atoms with Crippen LogP contribution in [0.5, 0.6) is 0 Å². The van der Waals surface area contributed by atoms with Crippen LogP contribution in [0.15, 0.2) is 0 Å². The van der Waals surface area contributed by atoms with E-state index in [0.717, 1.165) is 5.62 Å². The van der Waals surface area contributed by atoms with E-state index >= 15 is 0 Å². The number of rotatable bonds is 1. The zero-order valence-electron chi connectivity index (χ0n) is 3.10. The van der Waals surface area contributed by atoms with Crippen LogP contribution in [0.3, 0.4) is 0 Å². The predicted octanol–water partition coefficient (Wildman–Crippen LogP) is 0.702. The smallest absolute Gasteiger partial charge is 0.175 e. The Kier molecular flexibility index (Phi) is 16.0. The van der Waals surface area contributed by atoms with Crippen LogP contribution in [0.25, 0.3) is 0 Å². The van der Waals surface area contributed by atoms with E-state index in [-0.39, 0.29) is 6.15 Å². The molecule has 0 bridgehead atoms. The molecule has 0 atom stereocenters. The minimum atomic E-state index is 0. The van der Waals surface area contributed by atoms with Crippen molar-refractivity contribution in [1.82, 2.24) is 6.15 Å². The van der Waals surface area contributed by atoms with Gasteiger partial charge in [0.15, 0.2) is 5.62 Å². The van der Waals surface area contributed by atoms with Crippen molar-refractivity contribution in [3.63, 3.8) is 0 Å². The standard InChI is InChI=1S/C2H4OS.H3N/c1-4-2-3;/h2H,1H3;1H3. The first-order chi connectivity index (χ1) is 1.91. The van der Waals surface area contributed by atoms with Crippen LogP contribution in [0.2, 0.25) is 0 Å². The number of carbonyl (C=O) groups is 1. The topological polar surface area (TPSA) is 52.1 Å². The third-order valence-electron chi connectivity index (χ3n) is 0.0962. The molecule has 0 rings (SSSR count). The van der Waals surface area contributed by atoms with Crippen LogP contribution in [-0.4, -0.2) is 11.9 Å². The Morgan fingerprint density at radius 1 is 1.80 bits per heavy atom. The van der Waals surface area contributed by atoms with Gasteiger partial charge in [-0.15, -0.1) is 0 Å². The van der Waals surface area contributed by atoms with Crippen molar-refractivity contribution in [2.75, 3.05) is 6.26 Å². The van der Waals surface area contributed by atoms with Gasteiger partial charge in [-0.05, 0) is 6.26 Å². The van der Waals surface area contributed by atoms with Crippen molar-refractivity contribution in [3.05, 3.63) is 0 Å². The summed E-state index contributed by atoms with van der Waals surface area (Å²) in [5, 5.41) is 0. The highest BCUT2D eigenvalue weighted by molar-refractivity contribution is 8.11. The van der Waals surface area contributed by atoms with Gasteiger partial charge in [0.2, 0.25) is 0 Å². The molecule has 0 amide bonds. The highest BCUT2D eigenvalue weighted by atomic mass is 32.2. The van der Waals surface area contributed by atoms with Gasteiger partial charge in [0, 0.05) is 0 Å². The Hall–Kier alpha value is -0.0200. The SMILES string of the molecule is CSC=O.N. The highest BCUT2D eigenvalue weighted by Gasteiger charge is 1.51. The molecule has 0 aromatic rings. The molecule has 0 fully saturated rings. The Balaban J connectivity index is 0. The van der Waals surface area contributed by atoms with E-state index in [0.29, 0.717) is 0 Å². The fraction of sp³-hybridized carbons (Fsp3) is 0.500. The normalized spacial score (nSPS) is 5.00. The van der Waals surface area contributed by atoms with Crippen molar-refractivity contribution >= 4 is 17.4 Å². The maximum atomic E-state index is 9.14. The second kappa shape index (κ2) is 9.02. The molecule has 0 saturated carbocycles. The van der Waals surface area contributed by atoms with Gasteiger partial charge >= 0.3 is 0 Å². The molecular weight excluding hydrogens is 86.1 g/mol. The Labute approximate surface area is 35.5 Å². The van der Waals surface area contributed by atoms with Gasteiger partial charge in [-0.2, -0.15) is 0 Å². The van der Waals surface area contributed by atoms with E-state index in [1.54, 1.807) is 6.26 Å². The predicted molar refractivity (Wildman–Crippen MR) is 25.3 cm³/mol. The van der Waals surface area contributed by atoms with E-state index in [1.165, 1.54) is 11.8 Å². The lowest BCUT2D eigenvalue weighted by atomic mass is 11.8. The highest BCUT2D eigenvalue weighted by Crippen LogP contribution is 1.74. The summed E-state index contributed by atoms with van der Waals surface area (Å²) in [4.78, 5) is 9.14. The summed E-state index contributed by atoms with van der Waals surface area (Å²) >= 11 is 1.18. The molecule has 0 aliphatic carbocycles. The average molecular weight is 93.2 g/mol. The maximum absolute atomic E-state index is 9.14. The molecule has 0 heterocycles. The number of hydrogen-bond acceptors (Lipinski definition) is 3. The van der Waals surface area contributed by atoms with Gasteiger partial charge in [0.25, 0.3) is 0 Å².